The van der Waals surface area contributed by atoms with E-state index < -0.39 is 12.1 Å². The number of halogens is 3. The van der Waals surface area contributed by atoms with Gasteiger partial charge in [-0.1, -0.05) is 0 Å². The van der Waals surface area contributed by atoms with Gasteiger partial charge in [0.1, 0.15) is 0 Å². The van der Waals surface area contributed by atoms with Crippen molar-refractivity contribution < 1.29 is 27.9 Å². The number of hydrogen-bond acceptors (Lipinski definition) is 3. The van der Waals surface area contributed by atoms with Gasteiger partial charge in [-0.25, -0.2) is 4.79 Å². The molecular weight excluding hydrogens is 229 g/mol. The zero-order valence-electron chi connectivity index (χ0n) is 8.46. The molecule has 0 saturated carbocycles. The maximum absolute atomic E-state index is 10.8. The molecule has 0 spiro atoms. The molecular formula is C8H13F3N2O3. The molecule has 0 aromatic rings. The Hall–Kier alpha value is -1.31. The van der Waals surface area contributed by atoms with Crippen LogP contribution in [0.15, 0.2) is 0 Å². The molecule has 1 fully saturated rings. The summed E-state index contributed by atoms with van der Waals surface area (Å²) in [7, 11) is 0. The number of likely N-dealkylation sites (tertiary alicyclic amines) is 1. The number of carbonyl (C=O) groups is 2. The van der Waals surface area contributed by atoms with E-state index in [0.29, 0.717) is 0 Å². The van der Waals surface area contributed by atoms with E-state index in [9.17, 15) is 18.0 Å². The van der Waals surface area contributed by atoms with Gasteiger partial charge in [-0.15, -0.1) is 0 Å². The van der Waals surface area contributed by atoms with Crippen LogP contribution in [0, 0.1) is 0 Å². The van der Waals surface area contributed by atoms with E-state index in [1.807, 2.05) is 4.90 Å². The van der Waals surface area contributed by atoms with Gasteiger partial charge in [-0.3, -0.25) is 4.79 Å². The average Bonchev–Trinajstić information content (AvgIpc) is 2.69. The molecule has 0 aromatic heterocycles. The fourth-order valence-corrected chi connectivity index (χ4v) is 1.10. The summed E-state index contributed by atoms with van der Waals surface area (Å²) in [5.74, 6) is -2.67. The van der Waals surface area contributed by atoms with E-state index in [4.69, 9.17) is 15.6 Å². The first kappa shape index (κ1) is 14.7. The zero-order chi connectivity index (χ0) is 12.8. The van der Waals surface area contributed by atoms with Crippen LogP contribution in [0.4, 0.5) is 13.2 Å². The first-order valence-corrected chi connectivity index (χ1v) is 4.57. The van der Waals surface area contributed by atoms with Gasteiger partial charge in [-0.2, -0.15) is 13.2 Å². The largest absolute Gasteiger partial charge is 0.490 e. The molecule has 94 valence electrons. The number of carboxylic acid groups (broad SMARTS) is 1. The number of carboxylic acids is 1. The number of nitrogens with two attached hydrogens (primary N) is 1. The second kappa shape index (κ2) is 6.31. The Bertz CT molecular complexity index is 249. The standard InChI is InChI=1S/C6H12N2O.C2HF3O2/c7-5-6(9)8-3-1-2-4-8;3-2(4,5)1(6)7/h1-5,7H2;(H,6,7). The lowest BCUT2D eigenvalue weighted by atomic mass is 10.4. The van der Waals surface area contributed by atoms with Crippen molar-refractivity contribution in [3.05, 3.63) is 0 Å². The highest BCUT2D eigenvalue weighted by Gasteiger charge is 2.38. The number of alkyl halides is 3. The van der Waals surface area contributed by atoms with Gasteiger partial charge in [0.25, 0.3) is 0 Å². The summed E-state index contributed by atoms with van der Waals surface area (Å²) < 4.78 is 31.7. The fourth-order valence-electron chi connectivity index (χ4n) is 1.10. The van der Waals surface area contributed by atoms with Crippen LogP contribution in [0.2, 0.25) is 0 Å². The van der Waals surface area contributed by atoms with Crippen molar-refractivity contribution in [1.29, 1.82) is 0 Å². The summed E-state index contributed by atoms with van der Waals surface area (Å²) in [5, 5.41) is 7.12. The van der Waals surface area contributed by atoms with Crippen LogP contribution in [-0.2, 0) is 9.59 Å². The third-order valence-corrected chi connectivity index (χ3v) is 1.88. The van der Waals surface area contributed by atoms with Crippen LogP contribution in [0.25, 0.3) is 0 Å². The average molecular weight is 242 g/mol. The van der Waals surface area contributed by atoms with Crippen molar-refractivity contribution in [2.45, 2.75) is 19.0 Å². The van der Waals surface area contributed by atoms with Gasteiger partial charge in [0.15, 0.2) is 0 Å². The SMILES string of the molecule is NCC(=O)N1CCCC1.O=C(O)C(F)(F)F. The molecule has 1 amide bonds. The van der Waals surface area contributed by atoms with Crippen molar-refractivity contribution >= 4 is 11.9 Å². The lowest BCUT2D eigenvalue weighted by Crippen LogP contribution is -2.33. The number of carbonyl (C=O) groups excluding carboxylic acids is 1. The summed E-state index contributed by atoms with van der Waals surface area (Å²) in [6.07, 6.45) is -2.79. The number of nitrogens with zero attached hydrogens (tertiary/aromatic N) is 1. The Labute approximate surface area is 90.0 Å². The van der Waals surface area contributed by atoms with Crippen molar-refractivity contribution in [2.75, 3.05) is 19.6 Å². The van der Waals surface area contributed by atoms with Crippen LogP contribution < -0.4 is 5.73 Å². The van der Waals surface area contributed by atoms with Crippen molar-refractivity contribution in [3.8, 4) is 0 Å². The first-order valence-electron chi connectivity index (χ1n) is 4.57. The molecule has 0 aromatic carbocycles. The van der Waals surface area contributed by atoms with Crippen molar-refractivity contribution in [2.24, 2.45) is 5.73 Å². The van der Waals surface area contributed by atoms with Gasteiger partial charge < -0.3 is 15.7 Å². The minimum Gasteiger partial charge on any atom is -0.475 e. The molecule has 1 saturated heterocycles. The summed E-state index contributed by atoms with van der Waals surface area (Å²) in [4.78, 5) is 21.5. The predicted molar refractivity (Wildman–Crippen MR) is 48.6 cm³/mol. The third kappa shape index (κ3) is 5.54. The highest BCUT2D eigenvalue weighted by molar-refractivity contribution is 5.78. The van der Waals surface area contributed by atoms with E-state index in [0.717, 1.165) is 25.9 Å². The Balaban J connectivity index is 0.000000293. The van der Waals surface area contributed by atoms with Crippen molar-refractivity contribution in [1.82, 2.24) is 4.90 Å². The molecule has 3 N–H and O–H groups in total. The molecule has 1 heterocycles. The van der Waals surface area contributed by atoms with E-state index in [2.05, 4.69) is 0 Å². The Morgan fingerprint density at radius 2 is 1.62 bits per heavy atom. The molecule has 1 rings (SSSR count). The molecule has 1 aliphatic rings. The molecule has 1 aliphatic heterocycles. The Morgan fingerprint density at radius 1 is 1.25 bits per heavy atom. The topological polar surface area (TPSA) is 83.6 Å². The van der Waals surface area contributed by atoms with Crippen molar-refractivity contribution in [3.63, 3.8) is 0 Å². The predicted octanol–water partition coefficient (Wildman–Crippen LogP) is 0.201. The molecule has 0 aliphatic carbocycles. The number of rotatable bonds is 1. The van der Waals surface area contributed by atoms with E-state index in [1.54, 1.807) is 0 Å². The monoisotopic (exact) mass is 242 g/mol. The normalized spacial score (nSPS) is 15.4. The quantitative estimate of drug-likeness (QED) is 0.688. The van der Waals surface area contributed by atoms with Gasteiger partial charge >= 0.3 is 12.1 Å². The third-order valence-electron chi connectivity index (χ3n) is 1.88. The van der Waals surface area contributed by atoms with Gasteiger partial charge in [-0.05, 0) is 12.8 Å². The second-order valence-electron chi connectivity index (χ2n) is 3.09. The molecule has 0 bridgehead atoms. The summed E-state index contributed by atoms with van der Waals surface area (Å²) >= 11 is 0. The Morgan fingerprint density at radius 3 is 1.88 bits per heavy atom. The number of hydrogen-bond donors (Lipinski definition) is 2. The number of aliphatic carboxylic acids is 1. The minimum absolute atomic E-state index is 0.0903. The molecule has 16 heavy (non-hydrogen) atoms. The van der Waals surface area contributed by atoms with E-state index >= 15 is 0 Å². The van der Waals surface area contributed by atoms with Gasteiger partial charge in [0.2, 0.25) is 5.91 Å². The highest BCUT2D eigenvalue weighted by atomic mass is 19.4. The van der Waals surface area contributed by atoms with E-state index in [1.165, 1.54) is 0 Å². The lowest BCUT2D eigenvalue weighted by Gasteiger charge is -2.12. The van der Waals surface area contributed by atoms with Crippen LogP contribution in [0.5, 0.6) is 0 Å². The lowest BCUT2D eigenvalue weighted by molar-refractivity contribution is -0.192. The van der Waals surface area contributed by atoms with Crippen LogP contribution in [0.1, 0.15) is 12.8 Å². The van der Waals surface area contributed by atoms with Crippen LogP contribution in [0.3, 0.4) is 0 Å². The summed E-state index contributed by atoms with van der Waals surface area (Å²) in [6.45, 7) is 1.99. The molecule has 0 radical (unpaired) electrons. The van der Waals surface area contributed by atoms with E-state index in [-0.39, 0.29) is 12.5 Å². The maximum atomic E-state index is 10.8. The maximum Gasteiger partial charge on any atom is 0.490 e. The highest BCUT2D eigenvalue weighted by Crippen LogP contribution is 2.13. The molecule has 8 heteroatoms. The Kier molecular flexibility index (Phi) is 5.79. The first-order chi connectivity index (χ1) is 7.29. The van der Waals surface area contributed by atoms with Crippen LogP contribution in [-0.4, -0.2) is 47.7 Å². The molecule has 5 nitrogen and oxygen atoms in total. The number of amides is 1. The summed E-state index contributed by atoms with van der Waals surface area (Å²) in [5.41, 5.74) is 5.16. The van der Waals surface area contributed by atoms with Gasteiger partial charge in [0.05, 0.1) is 6.54 Å². The molecule has 0 atom stereocenters. The summed E-state index contributed by atoms with van der Waals surface area (Å²) in [6, 6.07) is 0. The second-order valence-corrected chi connectivity index (χ2v) is 3.09. The smallest absolute Gasteiger partial charge is 0.475 e. The van der Waals surface area contributed by atoms with Crippen LogP contribution >= 0.6 is 0 Å². The fraction of sp³-hybridized carbons (Fsp3) is 0.750. The van der Waals surface area contributed by atoms with Gasteiger partial charge in [0, 0.05) is 13.1 Å². The minimum atomic E-state index is -5.08. The molecule has 0 unspecified atom stereocenters. The zero-order valence-corrected chi connectivity index (χ0v) is 8.46.